The van der Waals surface area contributed by atoms with Crippen LogP contribution in [0.1, 0.15) is 48.2 Å². The summed E-state index contributed by atoms with van der Waals surface area (Å²) in [5, 5.41) is 7.17. The zero-order valence-electron chi connectivity index (χ0n) is 11.2. The molecule has 0 aromatic carbocycles. The first-order valence-electron chi connectivity index (χ1n) is 7.17. The quantitative estimate of drug-likeness (QED) is 0.890. The third-order valence-electron chi connectivity index (χ3n) is 4.23. The Morgan fingerprint density at radius 1 is 1.33 bits per heavy atom. The maximum Gasteiger partial charge on any atom is 0.0972 e. The van der Waals surface area contributed by atoms with Crippen LogP contribution in [0.3, 0.4) is 0 Å². The summed E-state index contributed by atoms with van der Waals surface area (Å²) in [6.07, 6.45) is 5.24. The van der Waals surface area contributed by atoms with E-state index in [4.69, 9.17) is 4.98 Å². The molecule has 0 saturated carbocycles. The summed E-state index contributed by atoms with van der Waals surface area (Å²) in [5.41, 5.74) is 1.34. The van der Waals surface area contributed by atoms with Gasteiger partial charge < -0.3 is 10.2 Å². The van der Waals surface area contributed by atoms with Crippen molar-refractivity contribution in [2.75, 3.05) is 33.2 Å². The summed E-state index contributed by atoms with van der Waals surface area (Å²) in [4.78, 5) is 7.39. The Bertz CT molecular complexity index is 384. The van der Waals surface area contributed by atoms with Crippen molar-refractivity contribution in [3.05, 3.63) is 16.1 Å². The molecule has 3 rings (SSSR count). The summed E-state index contributed by atoms with van der Waals surface area (Å²) in [5.74, 6) is 1.34. The highest BCUT2D eigenvalue weighted by atomic mass is 32.1. The molecule has 18 heavy (non-hydrogen) atoms. The zero-order valence-corrected chi connectivity index (χ0v) is 12.0. The number of likely N-dealkylation sites (tertiary alicyclic amines) is 1. The van der Waals surface area contributed by atoms with E-state index in [2.05, 4.69) is 22.6 Å². The van der Waals surface area contributed by atoms with Gasteiger partial charge in [0.1, 0.15) is 0 Å². The second-order valence-electron chi connectivity index (χ2n) is 5.76. The molecule has 2 unspecified atom stereocenters. The van der Waals surface area contributed by atoms with Crippen LogP contribution in [0.4, 0.5) is 0 Å². The van der Waals surface area contributed by atoms with Gasteiger partial charge in [0.15, 0.2) is 0 Å². The maximum absolute atomic E-state index is 4.94. The molecule has 2 saturated heterocycles. The number of nitrogens with one attached hydrogen (secondary N) is 1. The van der Waals surface area contributed by atoms with Gasteiger partial charge in [-0.25, -0.2) is 4.98 Å². The molecule has 2 aliphatic rings. The average molecular weight is 265 g/mol. The molecule has 0 bridgehead atoms. The zero-order chi connectivity index (χ0) is 12.4. The van der Waals surface area contributed by atoms with E-state index >= 15 is 0 Å². The normalized spacial score (nSPS) is 30.5. The molecule has 100 valence electrons. The lowest BCUT2D eigenvalue weighted by molar-refractivity contribution is 0.250. The first-order chi connectivity index (χ1) is 8.83. The van der Waals surface area contributed by atoms with E-state index in [0.29, 0.717) is 11.8 Å². The van der Waals surface area contributed by atoms with Crippen LogP contribution in [0, 0.1) is 0 Å². The SMILES string of the molecule is CN1CCCC(c2nc(C3CCCNC3)cs2)C1. The van der Waals surface area contributed by atoms with Crippen LogP contribution in [0.2, 0.25) is 0 Å². The highest BCUT2D eigenvalue weighted by molar-refractivity contribution is 7.09. The Kier molecular flexibility index (Phi) is 3.97. The van der Waals surface area contributed by atoms with Crippen molar-refractivity contribution < 1.29 is 0 Å². The van der Waals surface area contributed by atoms with E-state index in [-0.39, 0.29) is 0 Å². The number of nitrogens with zero attached hydrogens (tertiary/aromatic N) is 2. The summed E-state index contributed by atoms with van der Waals surface area (Å²) in [6, 6.07) is 0. The Balaban J connectivity index is 1.68. The summed E-state index contributed by atoms with van der Waals surface area (Å²) < 4.78 is 0. The average Bonchev–Trinajstić information content (AvgIpc) is 2.89. The first-order valence-corrected chi connectivity index (χ1v) is 8.05. The summed E-state index contributed by atoms with van der Waals surface area (Å²) >= 11 is 1.89. The molecule has 2 aliphatic heterocycles. The highest BCUT2D eigenvalue weighted by Crippen LogP contribution is 2.31. The molecule has 1 N–H and O–H groups in total. The van der Waals surface area contributed by atoms with Gasteiger partial charge in [-0.2, -0.15) is 0 Å². The third kappa shape index (κ3) is 2.76. The van der Waals surface area contributed by atoms with Crippen molar-refractivity contribution in [3.8, 4) is 0 Å². The van der Waals surface area contributed by atoms with Gasteiger partial charge in [-0.1, -0.05) is 0 Å². The van der Waals surface area contributed by atoms with E-state index in [1.54, 1.807) is 0 Å². The molecule has 3 nitrogen and oxygen atoms in total. The fourth-order valence-electron chi connectivity index (χ4n) is 3.15. The molecule has 2 fully saturated rings. The van der Waals surface area contributed by atoms with Crippen LogP contribution in [0.25, 0.3) is 0 Å². The van der Waals surface area contributed by atoms with Gasteiger partial charge in [0.25, 0.3) is 0 Å². The molecule has 1 aromatic rings. The molecule has 0 radical (unpaired) electrons. The standard InChI is InChI=1S/C14H23N3S/c1-17-7-3-5-12(9-17)14-16-13(10-18-14)11-4-2-6-15-8-11/h10-12,15H,2-9H2,1H3. The number of hydrogen-bond donors (Lipinski definition) is 1. The molecule has 3 heterocycles. The van der Waals surface area contributed by atoms with E-state index in [0.717, 1.165) is 6.54 Å². The Morgan fingerprint density at radius 2 is 2.22 bits per heavy atom. The smallest absolute Gasteiger partial charge is 0.0972 e. The van der Waals surface area contributed by atoms with Crippen molar-refractivity contribution in [3.63, 3.8) is 0 Å². The van der Waals surface area contributed by atoms with Crippen molar-refractivity contribution in [1.82, 2.24) is 15.2 Å². The molecular formula is C14H23N3S. The molecule has 0 aliphatic carbocycles. The highest BCUT2D eigenvalue weighted by Gasteiger charge is 2.24. The van der Waals surface area contributed by atoms with Gasteiger partial charge >= 0.3 is 0 Å². The third-order valence-corrected chi connectivity index (χ3v) is 5.25. The van der Waals surface area contributed by atoms with Crippen LogP contribution >= 0.6 is 11.3 Å². The number of likely N-dealkylation sites (N-methyl/N-ethyl adjacent to an activating group) is 1. The van der Waals surface area contributed by atoms with Crippen LogP contribution in [-0.4, -0.2) is 43.1 Å². The van der Waals surface area contributed by atoms with Crippen molar-refractivity contribution in [1.29, 1.82) is 0 Å². The second-order valence-corrected chi connectivity index (χ2v) is 6.64. The lowest BCUT2D eigenvalue weighted by Gasteiger charge is -2.28. The van der Waals surface area contributed by atoms with Gasteiger partial charge in [-0.3, -0.25) is 0 Å². The van der Waals surface area contributed by atoms with Crippen LogP contribution < -0.4 is 5.32 Å². The number of hydrogen-bond acceptors (Lipinski definition) is 4. The number of thiazole rings is 1. The second kappa shape index (κ2) is 5.68. The monoisotopic (exact) mass is 265 g/mol. The van der Waals surface area contributed by atoms with Crippen molar-refractivity contribution in [2.24, 2.45) is 0 Å². The fourth-order valence-corrected chi connectivity index (χ4v) is 4.18. The minimum absolute atomic E-state index is 0.657. The van der Waals surface area contributed by atoms with Crippen LogP contribution in [-0.2, 0) is 0 Å². The maximum atomic E-state index is 4.94. The largest absolute Gasteiger partial charge is 0.316 e. The predicted octanol–water partition coefficient (Wildman–Crippen LogP) is 2.42. The van der Waals surface area contributed by atoms with Crippen molar-refractivity contribution >= 4 is 11.3 Å². The van der Waals surface area contributed by atoms with E-state index in [9.17, 15) is 0 Å². The molecular weight excluding hydrogens is 242 g/mol. The lowest BCUT2D eigenvalue weighted by Crippen LogP contribution is -2.31. The van der Waals surface area contributed by atoms with Gasteiger partial charge in [-0.15, -0.1) is 11.3 Å². The molecule has 4 heteroatoms. The van der Waals surface area contributed by atoms with Gasteiger partial charge in [0.05, 0.1) is 10.7 Å². The van der Waals surface area contributed by atoms with Crippen LogP contribution in [0.15, 0.2) is 5.38 Å². The summed E-state index contributed by atoms with van der Waals surface area (Å²) in [7, 11) is 2.23. The number of rotatable bonds is 2. The first kappa shape index (κ1) is 12.6. The Hall–Kier alpha value is -0.450. The predicted molar refractivity (Wildman–Crippen MR) is 76.4 cm³/mol. The van der Waals surface area contributed by atoms with E-state index in [1.165, 1.54) is 56.0 Å². The van der Waals surface area contributed by atoms with Crippen LogP contribution in [0.5, 0.6) is 0 Å². The number of piperidine rings is 2. The minimum Gasteiger partial charge on any atom is -0.316 e. The Labute approximate surface area is 114 Å². The van der Waals surface area contributed by atoms with Gasteiger partial charge in [0, 0.05) is 30.3 Å². The Morgan fingerprint density at radius 3 is 3.00 bits per heavy atom. The van der Waals surface area contributed by atoms with E-state index in [1.807, 2.05) is 11.3 Å². The number of aromatic nitrogens is 1. The molecule has 2 atom stereocenters. The van der Waals surface area contributed by atoms with E-state index < -0.39 is 0 Å². The minimum atomic E-state index is 0.657. The lowest BCUT2D eigenvalue weighted by atomic mass is 9.96. The van der Waals surface area contributed by atoms with Crippen molar-refractivity contribution in [2.45, 2.75) is 37.5 Å². The summed E-state index contributed by atoms with van der Waals surface area (Å²) in [6.45, 7) is 4.74. The topological polar surface area (TPSA) is 28.2 Å². The molecule has 1 aromatic heterocycles. The molecule has 0 amide bonds. The molecule has 0 spiro atoms. The van der Waals surface area contributed by atoms with Gasteiger partial charge in [0.2, 0.25) is 0 Å². The van der Waals surface area contributed by atoms with Gasteiger partial charge in [-0.05, 0) is 45.8 Å². The fraction of sp³-hybridized carbons (Fsp3) is 0.786.